The Hall–Kier alpha value is -3.95. The minimum absolute atomic E-state index is 0.0771. The van der Waals surface area contributed by atoms with Crippen molar-refractivity contribution in [3.05, 3.63) is 0 Å². The Morgan fingerprint density at radius 2 is 1.41 bits per heavy atom. The van der Waals surface area contributed by atoms with Gasteiger partial charge >= 0.3 is 17.9 Å². The molecule has 0 saturated heterocycles. The summed E-state index contributed by atoms with van der Waals surface area (Å²) in [6, 6.07) is -5.52. The van der Waals surface area contributed by atoms with E-state index in [1.807, 2.05) is 0 Å². The molecule has 0 rings (SSSR count). The summed E-state index contributed by atoms with van der Waals surface area (Å²) in [5.41, 5.74) is 15.9. The number of carbonyl (C=O) groups is 6. The van der Waals surface area contributed by atoms with Crippen LogP contribution in [0.1, 0.15) is 39.0 Å². The molecule has 0 saturated carbocycles. The van der Waals surface area contributed by atoms with Crippen molar-refractivity contribution in [2.45, 2.75) is 63.2 Å². The van der Waals surface area contributed by atoms with Crippen molar-refractivity contribution in [1.82, 2.24) is 16.0 Å². The van der Waals surface area contributed by atoms with Crippen LogP contribution in [0.15, 0.2) is 4.99 Å². The highest BCUT2D eigenvalue weighted by molar-refractivity contribution is 5.95. The maximum absolute atomic E-state index is 12.5. The number of rotatable bonds is 16. The van der Waals surface area contributed by atoms with Crippen LogP contribution >= 0.6 is 0 Å². The molecule has 12 N–H and O–H groups in total. The Morgan fingerprint density at radius 3 is 1.91 bits per heavy atom. The van der Waals surface area contributed by atoms with Crippen molar-refractivity contribution >= 4 is 41.6 Å². The van der Waals surface area contributed by atoms with Crippen LogP contribution in [-0.2, 0) is 28.8 Å². The van der Waals surface area contributed by atoms with Crippen LogP contribution in [-0.4, -0.2) is 87.6 Å². The molecule has 16 nitrogen and oxygen atoms in total. The molecule has 0 heterocycles. The Balaban J connectivity index is 5.09. The molecule has 0 bridgehead atoms. The van der Waals surface area contributed by atoms with Crippen LogP contribution in [0.25, 0.3) is 0 Å². The molecule has 4 atom stereocenters. The van der Waals surface area contributed by atoms with Gasteiger partial charge in [0.25, 0.3) is 0 Å². The predicted octanol–water partition coefficient (Wildman–Crippen LogP) is -3.73. The normalized spacial score (nSPS) is 13.9. The van der Waals surface area contributed by atoms with E-state index < -0.39 is 66.2 Å². The number of nitrogens with zero attached hydrogens (tertiary/aromatic N) is 1. The van der Waals surface area contributed by atoms with Crippen molar-refractivity contribution in [3.63, 3.8) is 0 Å². The van der Waals surface area contributed by atoms with Crippen LogP contribution in [0.2, 0.25) is 0 Å². The first-order valence-electron chi connectivity index (χ1n) is 10.1. The summed E-state index contributed by atoms with van der Waals surface area (Å²) in [6.45, 7) is 1.33. The van der Waals surface area contributed by atoms with Gasteiger partial charge in [-0.15, -0.1) is 0 Å². The number of aliphatic imine (C=N–C) groups is 1. The number of nitrogens with one attached hydrogen (secondary N) is 3. The van der Waals surface area contributed by atoms with Crippen molar-refractivity contribution in [2.24, 2.45) is 22.2 Å². The first-order valence-corrected chi connectivity index (χ1v) is 10.1. The van der Waals surface area contributed by atoms with E-state index in [9.17, 15) is 33.9 Å². The van der Waals surface area contributed by atoms with Gasteiger partial charge in [-0.3, -0.25) is 29.0 Å². The molecule has 0 spiro atoms. The predicted molar refractivity (Wildman–Crippen MR) is 116 cm³/mol. The molecule has 4 unspecified atom stereocenters. The molecule has 3 amide bonds. The minimum atomic E-state index is -1.65. The highest BCUT2D eigenvalue weighted by Gasteiger charge is 2.30. The lowest BCUT2D eigenvalue weighted by Gasteiger charge is -2.23. The summed E-state index contributed by atoms with van der Waals surface area (Å²) >= 11 is 0. The second kappa shape index (κ2) is 15.0. The molecule has 0 aromatic rings. The summed E-state index contributed by atoms with van der Waals surface area (Å²) in [7, 11) is 0. The molecule has 0 aliphatic carbocycles. The largest absolute Gasteiger partial charge is 0.481 e. The van der Waals surface area contributed by atoms with Crippen molar-refractivity contribution in [1.29, 1.82) is 0 Å². The zero-order valence-electron chi connectivity index (χ0n) is 18.5. The SMILES string of the molecule is CC(NC(=O)C(N)CCC(=O)O)C(=O)NC(CC(=O)O)C(=O)NC(CCCN=C(N)N)C(=O)O. The van der Waals surface area contributed by atoms with Gasteiger partial charge in [0.15, 0.2) is 5.96 Å². The third kappa shape index (κ3) is 12.8. The van der Waals surface area contributed by atoms with E-state index in [-0.39, 0.29) is 38.2 Å². The van der Waals surface area contributed by atoms with Gasteiger partial charge in [-0.25, -0.2) is 4.79 Å². The standard InChI is InChI=1S/C18H31N7O9/c1-8(23-15(31)9(19)4-5-12(26)27)14(30)25-11(7-13(28)29)16(32)24-10(17(33)34)3-2-6-22-18(20)21/h8-11H,2-7,19H2,1H3,(H,23,31)(H,24,32)(H,25,30)(H,26,27)(H,28,29)(H,33,34)(H4,20,21,22). The topological polar surface area (TPSA) is 290 Å². The summed E-state index contributed by atoms with van der Waals surface area (Å²) in [5, 5.41) is 33.5. The van der Waals surface area contributed by atoms with Gasteiger partial charge in [0.2, 0.25) is 17.7 Å². The number of carboxylic acid groups (broad SMARTS) is 3. The molecule has 0 fully saturated rings. The smallest absolute Gasteiger partial charge is 0.326 e. The minimum Gasteiger partial charge on any atom is -0.481 e. The number of nitrogens with two attached hydrogens (primary N) is 3. The fourth-order valence-electron chi connectivity index (χ4n) is 2.51. The molecule has 0 aromatic carbocycles. The van der Waals surface area contributed by atoms with Gasteiger partial charge in [-0.1, -0.05) is 0 Å². The molecular weight excluding hydrogens is 458 g/mol. The van der Waals surface area contributed by atoms with E-state index in [4.69, 9.17) is 27.4 Å². The van der Waals surface area contributed by atoms with Crippen molar-refractivity contribution in [2.75, 3.05) is 6.54 Å². The van der Waals surface area contributed by atoms with Crippen molar-refractivity contribution in [3.8, 4) is 0 Å². The fourth-order valence-corrected chi connectivity index (χ4v) is 2.51. The lowest BCUT2D eigenvalue weighted by Crippen LogP contribution is -2.56. The van der Waals surface area contributed by atoms with E-state index in [0.29, 0.717) is 0 Å². The molecule has 0 aliphatic rings. The molecule has 0 aromatic heterocycles. The zero-order valence-corrected chi connectivity index (χ0v) is 18.5. The van der Waals surface area contributed by atoms with E-state index in [0.717, 1.165) is 0 Å². The number of amides is 3. The Morgan fingerprint density at radius 1 is 0.824 bits per heavy atom. The first kappa shape index (κ1) is 30.0. The van der Waals surface area contributed by atoms with E-state index >= 15 is 0 Å². The van der Waals surface area contributed by atoms with Gasteiger partial charge in [0.05, 0.1) is 12.5 Å². The van der Waals surface area contributed by atoms with E-state index in [2.05, 4.69) is 20.9 Å². The molecule has 16 heteroatoms. The van der Waals surface area contributed by atoms with Gasteiger partial charge in [-0.05, 0) is 26.2 Å². The Kier molecular flexibility index (Phi) is 13.2. The van der Waals surface area contributed by atoms with Crippen molar-refractivity contribution < 1.29 is 44.1 Å². The molecule has 0 aliphatic heterocycles. The average Bonchev–Trinajstić information content (AvgIpc) is 2.72. The van der Waals surface area contributed by atoms with Gasteiger partial charge < -0.3 is 48.5 Å². The van der Waals surface area contributed by atoms with Gasteiger partial charge in [0.1, 0.15) is 18.1 Å². The third-order valence-electron chi connectivity index (χ3n) is 4.33. The highest BCUT2D eigenvalue weighted by Crippen LogP contribution is 2.02. The second-order valence-electron chi connectivity index (χ2n) is 7.28. The lowest BCUT2D eigenvalue weighted by molar-refractivity contribution is -0.144. The second-order valence-corrected chi connectivity index (χ2v) is 7.28. The number of aliphatic carboxylic acids is 3. The zero-order chi connectivity index (χ0) is 26.4. The maximum Gasteiger partial charge on any atom is 0.326 e. The van der Waals surface area contributed by atoms with Crippen LogP contribution < -0.4 is 33.2 Å². The Labute approximate surface area is 194 Å². The van der Waals surface area contributed by atoms with Crippen LogP contribution in [0.4, 0.5) is 0 Å². The van der Waals surface area contributed by atoms with E-state index in [1.54, 1.807) is 0 Å². The maximum atomic E-state index is 12.5. The summed E-state index contributed by atoms with van der Waals surface area (Å²) in [6.07, 6.45) is -1.30. The lowest BCUT2D eigenvalue weighted by atomic mass is 10.1. The average molecular weight is 489 g/mol. The third-order valence-corrected chi connectivity index (χ3v) is 4.33. The fraction of sp³-hybridized carbons (Fsp3) is 0.611. The van der Waals surface area contributed by atoms with Crippen LogP contribution in [0.5, 0.6) is 0 Å². The summed E-state index contributed by atoms with van der Waals surface area (Å²) in [5.74, 6) is -7.03. The number of hydrogen-bond acceptors (Lipinski definition) is 8. The number of carbonyl (C=O) groups excluding carboxylic acids is 3. The molecule has 34 heavy (non-hydrogen) atoms. The molecule has 192 valence electrons. The monoisotopic (exact) mass is 489 g/mol. The number of hydrogen-bond donors (Lipinski definition) is 9. The first-order chi connectivity index (χ1) is 15.7. The molecule has 0 radical (unpaired) electrons. The number of guanidine groups is 1. The van der Waals surface area contributed by atoms with Gasteiger partial charge in [-0.2, -0.15) is 0 Å². The van der Waals surface area contributed by atoms with Gasteiger partial charge in [0, 0.05) is 13.0 Å². The summed E-state index contributed by atoms with van der Waals surface area (Å²) in [4.78, 5) is 73.6. The number of carboxylic acids is 3. The Bertz CT molecular complexity index is 799. The quantitative estimate of drug-likeness (QED) is 0.0574. The van der Waals surface area contributed by atoms with E-state index in [1.165, 1.54) is 6.92 Å². The highest BCUT2D eigenvalue weighted by atomic mass is 16.4. The summed E-state index contributed by atoms with van der Waals surface area (Å²) < 4.78 is 0. The molecular formula is C18H31N7O9. The van der Waals surface area contributed by atoms with Crippen LogP contribution in [0, 0.1) is 0 Å². The van der Waals surface area contributed by atoms with Crippen LogP contribution in [0.3, 0.4) is 0 Å².